The lowest BCUT2D eigenvalue weighted by Gasteiger charge is -2.15. The van der Waals surface area contributed by atoms with Crippen LogP contribution in [0.2, 0.25) is 0 Å². The second-order valence-electron chi connectivity index (χ2n) is 3.34. The standard InChI is InChI=1S/C9H7F5N2O3/c10-8(11)6-7(19-9(12,13)14)4(15)1-3(16-6)2-5(17)18/h1,8H,2H2,(H2,15,16)(H,17,18). The minimum Gasteiger partial charge on any atom is -0.481 e. The molecule has 0 unspecified atom stereocenters. The maximum Gasteiger partial charge on any atom is 0.573 e. The van der Waals surface area contributed by atoms with Gasteiger partial charge in [-0.1, -0.05) is 0 Å². The van der Waals surface area contributed by atoms with E-state index in [9.17, 15) is 26.7 Å². The summed E-state index contributed by atoms with van der Waals surface area (Å²) in [6.45, 7) is 0. The molecule has 0 fully saturated rings. The van der Waals surface area contributed by atoms with Gasteiger partial charge in [-0.05, 0) is 6.07 Å². The summed E-state index contributed by atoms with van der Waals surface area (Å²) < 4.78 is 64.6. The molecule has 0 aliphatic carbocycles. The van der Waals surface area contributed by atoms with Gasteiger partial charge in [-0.15, -0.1) is 13.2 Å². The Morgan fingerprint density at radius 3 is 2.47 bits per heavy atom. The molecule has 0 aliphatic rings. The van der Waals surface area contributed by atoms with Gasteiger partial charge in [-0.25, -0.2) is 13.8 Å². The molecule has 0 atom stereocenters. The van der Waals surface area contributed by atoms with Crippen LogP contribution >= 0.6 is 0 Å². The summed E-state index contributed by atoms with van der Waals surface area (Å²) >= 11 is 0. The summed E-state index contributed by atoms with van der Waals surface area (Å²) in [6, 6.07) is 0.737. The van der Waals surface area contributed by atoms with E-state index in [0.29, 0.717) is 0 Å². The third kappa shape index (κ3) is 4.23. The molecule has 1 rings (SSSR count). The highest BCUT2D eigenvalue weighted by Crippen LogP contribution is 2.36. The zero-order valence-electron chi connectivity index (χ0n) is 9.04. The smallest absolute Gasteiger partial charge is 0.481 e. The first-order valence-corrected chi connectivity index (χ1v) is 4.65. The van der Waals surface area contributed by atoms with Crippen molar-refractivity contribution >= 4 is 11.7 Å². The van der Waals surface area contributed by atoms with Crippen molar-refractivity contribution < 1.29 is 36.6 Å². The number of rotatable bonds is 4. The van der Waals surface area contributed by atoms with E-state index in [1.165, 1.54) is 0 Å². The number of nitrogens with zero attached hydrogens (tertiary/aromatic N) is 1. The van der Waals surface area contributed by atoms with Crippen LogP contribution in [0.25, 0.3) is 0 Å². The van der Waals surface area contributed by atoms with Crippen LogP contribution in [0, 0.1) is 0 Å². The van der Waals surface area contributed by atoms with Gasteiger partial charge < -0.3 is 15.6 Å². The largest absolute Gasteiger partial charge is 0.573 e. The predicted molar refractivity (Wildman–Crippen MR) is 51.6 cm³/mol. The molecule has 1 aromatic rings. The lowest BCUT2D eigenvalue weighted by atomic mass is 10.2. The van der Waals surface area contributed by atoms with Gasteiger partial charge in [0.1, 0.15) is 0 Å². The van der Waals surface area contributed by atoms with Crippen molar-refractivity contribution in [3.63, 3.8) is 0 Å². The highest BCUT2D eigenvalue weighted by atomic mass is 19.4. The molecule has 1 heterocycles. The van der Waals surface area contributed by atoms with E-state index in [1.807, 2.05) is 0 Å². The number of nitrogen functional groups attached to an aromatic ring is 1. The fourth-order valence-electron chi connectivity index (χ4n) is 1.25. The van der Waals surface area contributed by atoms with E-state index in [0.717, 1.165) is 6.07 Å². The van der Waals surface area contributed by atoms with E-state index in [-0.39, 0.29) is 0 Å². The highest BCUT2D eigenvalue weighted by molar-refractivity contribution is 5.70. The first-order valence-electron chi connectivity index (χ1n) is 4.65. The molecule has 5 nitrogen and oxygen atoms in total. The predicted octanol–water partition coefficient (Wildman–Crippen LogP) is 2.13. The van der Waals surface area contributed by atoms with Crippen LogP contribution in [0.15, 0.2) is 6.07 Å². The van der Waals surface area contributed by atoms with Crippen LogP contribution in [-0.4, -0.2) is 22.4 Å². The number of aromatic nitrogens is 1. The van der Waals surface area contributed by atoms with Crippen LogP contribution in [0.5, 0.6) is 5.75 Å². The zero-order chi connectivity index (χ0) is 14.8. The van der Waals surface area contributed by atoms with Gasteiger partial charge in [-0.2, -0.15) is 0 Å². The summed E-state index contributed by atoms with van der Waals surface area (Å²) in [5.74, 6) is -2.71. The average molecular weight is 286 g/mol. The van der Waals surface area contributed by atoms with E-state index < -0.39 is 48.0 Å². The number of hydrogen-bond acceptors (Lipinski definition) is 4. The quantitative estimate of drug-likeness (QED) is 0.828. The van der Waals surface area contributed by atoms with Crippen molar-refractivity contribution in [1.29, 1.82) is 0 Å². The number of carboxylic acid groups (broad SMARTS) is 1. The molecule has 0 amide bonds. The number of halogens is 5. The molecular weight excluding hydrogens is 279 g/mol. The molecule has 106 valence electrons. The van der Waals surface area contributed by atoms with Crippen LogP contribution in [0.4, 0.5) is 27.6 Å². The lowest BCUT2D eigenvalue weighted by molar-refractivity contribution is -0.275. The Morgan fingerprint density at radius 1 is 1.47 bits per heavy atom. The lowest BCUT2D eigenvalue weighted by Crippen LogP contribution is -2.20. The summed E-state index contributed by atoms with van der Waals surface area (Å²) in [4.78, 5) is 13.5. The van der Waals surface area contributed by atoms with E-state index >= 15 is 0 Å². The van der Waals surface area contributed by atoms with Crippen molar-refractivity contribution in [2.24, 2.45) is 0 Å². The van der Waals surface area contributed by atoms with Gasteiger partial charge in [0.2, 0.25) is 0 Å². The maximum absolute atomic E-state index is 12.6. The zero-order valence-corrected chi connectivity index (χ0v) is 9.04. The first kappa shape index (κ1) is 14.9. The van der Waals surface area contributed by atoms with E-state index in [1.54, 1.807) is 0 Å². The maximum atomic E-state index is 12.6. The highest BCUT2D eigenvalue weighted by Gasteiger charge is 2.35. The molecule has 0 saturated heterocycles. The Morgan fingerprint density at radius 2 is 2.05 bits per heavy atom. The molecule has 1 aromatic heterocycles. The molecule has 0 aliphatic heterocycles. The number of aliphatic carboxylic acids is 1. The number of nitrogens with two attached hydrogens (primary N) is 1. The molecule has 10 heteroatoms. The van der Waals surface area contributed by atoms with Crippen molar-refractivity contribution in [3.8, 4) is 5.75 Å². The Bertz CT molecular complexity index is 489. The fraction of sp³-hybridized carbons (Fsp3) is 0.333. The van der Waals surface area contributed by atoms with Gasteiger partial charge in [0, 0.05) is 0 Å². The molecule has 0 aromatic carbocycles. The summed E-state index contributed by atoms with van der Waals surface area (Å²) in [5.41, 5.74) is 2.64. The van der Waals surface area contributed by atoms with Crippen molar-refractivity contribution in [3.05, 3.63) is 17.5 Å². The van der Waals surface area contributed by atoms with Gasteiger partial charge in [0.05, 0.1) is 17.8 Å². The molecule has 3 N–H and O–H groups in total. The fourth-order valence-corrected chi connectivity index (χ4v) is 1.25. The second kappa shape index (κ2) is 5.24. The number of carboxylic acids is 1. The van der Waals surface area contributed by atoms with Gasteiger partial charge in [-0.3, -0.25) is 4.79 Å². The van der Waals surface area contributed by atoms with Gasteiger partial charge >= 0.3 is 12.3 Å². The first-order chi connectivity index (χ1) is 8.60. The summed E-state index contributed by atoms with van der Waals surface area (Å²) in [7, 11) is 0. The number of alkyl halides is 5. The summed E-state index contributed by atoms with van der Waals surface area (Å²) in [6.07, 6.45) is -9.36. The monoisotopic (exact) mass is 286 g/mol. The third-order valence-corrected chi connectivity index (χ3v) is 1.84. The molecule has 0 spiro atoms. The molecule has 0 bridgehead atoms. The average Bonchev–Trinajstić information content (AvgIpc) is 2.18. The Kier molecular flexibility index (Phi) is 4.12. The molecule has 0 radical (unpaired) electrons. The van der Waals surface area contributed by atoms with Crippen LogP contribution < -0.4 is 10.5 Å². The Labute approximate surface area is 102 Å². The number of hydrogen-bond donors (Lipinski definition) is 2. The number of carbonyl (C=O) groups is 1. The second-order valence-corrected chi connectivity index (χ2v) is 3.34. The van der Waals surface area contributed by atoms with Crippen LogP contribution in [0.1, 0.15) is 17.8 Å². The van der Waals surface area contributed by atoms with Crippen molar-refractivity contribution in [1.82, 2.24) is 4.98 Å². The van der Waals surface area contributed by atoms with Crippen molar-refractivity contribution in [2.45, 2.75) is 19.2 Å². The van der Waals surface area contributed by atoms with Crippen LogP contribution in [-0.2, 0) is 11.2 Å². The molecule has 19 heavy (non-hydrogen) atoms. The Hall–Kier alpha value is -2.13. The van der Waals surface area contributed by atoms with E-state index in [2.05, 4.69) is 9.72 Å². The third-order valence-electron chi connectivity index (χ3n) is 1.84. The normalized spacial score (nSPS) is 11.7. The van der Waals surface area contributed by atoms with Gasteiger partial charge in [0.25, 0.3) is 6.43 Å². The number of anilines is 1. The summed E-state index contributed by atoms with van der Waals surface area (Å²) in [5, 5.41) is 8.46. The minimum atomic E-state index is -5.21. The molecule has 0 saturated carbocycles. The SMILES string of the molecule is Nc1cc(CC(=O)O)nc(C(F)F)c1OC(F)(F)F. The minimum absolute atomic E-state index is 0.394. The topological polar surface area (TPSA) is 85.4 Å². The Balaban J connectivity index is 3.27. The van der Waals surface area contributed by atoms with Crippen LogP contribution in [0.3, 0.4) is 0 Å². The number of pyridine rings is 1. The van der Waals surface area contributed by atoms with Gasteiger partial charge in [0.15, 0.2) is 11.4 Å². The van der Waals surface area contributed by atoms with Crippen molar-refractivity contribution in [2.75, 3.05) is 5.73 Å². The van der Waals surface area contributed by atoms with E-state index in [4.69, 9.17) is 10.8 Å². The number of ether oxygens (including phenoxy) is 1. The molecular formula is C9H7F5N2O3.